The third-order valence-corrected chi connectivity index (χ3v) is 7.87. The number of benzene rings is 2. The van der Waals surface area contributed by atoms with E-state index in [1.165, 1.54) is 12.5 Å². The number of fused-ring (bicyclic) bond motifs is 1. The van der Waals surface area contributed by atoms with Gasteiger partial charge < -0.3 is 46.0 Å². The molecule has 15 heteroatoms. The standard InChI is InChI=1S/C34H40N8O7/c43-30-19-38-33(46)27(14-22-6-2-1-3-7-22)42-34(47)29(16-24-18-35-21-39-24)41-31(44)20-49-13-12-48-11-10-36-32(45)28(40-30)15-23-17-37-26-9-5-4-8-25(23)26/h1-9,17-18,21,27-29,37H,10-16,19-20H2,(H,35,39)(H,36,45)(H,38,46)(H,40,43)(H,41,44)(H,42,47)/t27?,28-,29-/m0/s1. The van der Waals surface area contributed by atoms with Crippen LogP contribution in [-0.4, -0.2) is 102 Å². The molecule has 0 aliphatic carbocycles. The Morgan fingerprint density at radius 2 is 1.39 bits per heavy atom. The fourth-order valence-corrected chi connectivity index (χ4v) is 5.41. The van der Waals surface area contributed by atoms with E-state index in [0.717, 1.165) is 22.0 Å². The molecule has 1 aliphatic heterocycles. The first kappa shape index (κ1) is 34.8. The van der Waals surface area contributed by atoms with Gasteiger partial charge in [0.2, 0.25) is 29.5 Å². The summed E-state index contributed by atoms with van der Waals surface area (Å²) in [6, 6.07) is 13.6. The number of carbonyl (C=O) groups is 5. The lowest BCUT2D eigenvalue weighted by molar-refractivity contribution is -0.134. The minimum atomic E-state index is -1.10. The number of amides is 5. The molecular formula is C34H40N8O7. The average Bonchev–Trinajstić information content (AvgIpc) is 3.77. The molecule has 258 valence electrons. The van der Waals surface area contributed by atoms with Crippen LogP contribution in [0.2, 0.25) is 0 Å². The Morgan fingerprint density at radius 3 is 2.20 bits per heavy atom. The monoisotopic (exact) mass is 672 g/mol. The van der Waals surface area contributed by atoms with Gasteiger partial charge in [-0.2, -0.15) is 0 Å². The number of aromatic amines is 2. The van der Waals surface area contributed by atoms with Crippen LogP contribution in [0.3, 0.4) is 0 Å². The summed E-state index contributed by atoms with van der Waals surface area (Å²) in [6.45, 7) is -0.194. The van der Waals surface area contributed by atoms with Gasteiger partial charge in [0.05, 0.1) is 32.7 Å². The Labute approximate surface area is 282 Å². The van der Waals surface area contributed by atoms with Crippen molar-refractivity contribution in [3.8, 4) is 0 Å². The SMILES string of the molecule is O=C1CNC(=O)C(Cc2ccccc2)NC(=O)[C@H](Cc2cnc[nH]2)NC(=O)COCCOCCNC(=O)[C@H](Cc2c[nH]c3ccccc23)N1. The third-order valence-electron chi connectivity index (χ3n) is 7.87. The molecule has 0 radical (unpaired) electrons. The molecule has 2 aromatic carbocycles. The van der Waals surface area contributed by atoms with Crippen molar-refractivity contribution in [1.82, 2.24) is 41.5 Å². The van der Waals surface area contributed by atoms with Gasteiger partial charge in [-0.15, -0.1) is 0 Å². The fraction of sp³-hybridized carbons (Fsp3) is 0.353. The van der Waals surface area contributed by atoms with Gasteiger partial charge >= 0.3 is 0 Å². The molecule has 1 unspecified atom stereocenters. The molecular weight excluding hydrogens is 632 g/mol. The first-order valence-corrected chi connectivity index (χ1v) is 16.0. The van der Waals surface area contributed by atoms with E-state index in [2.05, 4.69) is 41.5 Å². The van der Waals surface area contributed by atoms with Gasteiger partial charge in [-0.1, -0.05) is 48.5 Å². The van der Waals surface area contributed by atoms with Gasteiger partial charge in [-0.05, 0) is 17.2 Å². The predicted octanol–water partition coefficient (Wildman–Crippen LogP) is -0.347. The zero-order chi connectivity index (χ0) is 34.4. The van der Waals surface area contributed by atoms with Gasteiger partial charge in [0.1, 0.15) is 24.7 Å². The minimum Gasteiger partial charge on any atom is -0.377 e. The number of rotatable bonds is 6. The fourth-order valence-electron chi connectivity index (χ4n) is 5.41. The Balaban J connectivity index is 1.34. The number of imidazole rings is 1. The smallest absolute Gasteiger partial charge is 0.246 e. The topological polar surface area (TPSA) is 208 Å². The van der Waals surface area contributed by atoms with Crippen molar-refractivity contribution in [3.63, 3.8) is 0 Å². The lowest BCUT2D eigenvalue weighted by Crippen LogP contribution is -2.56. The molecule has 4 aromatic rings. The highest BCUT2D eigenvalue weighted by Gasteiger charge is 2.29. The Kier molecular flexibility index (Phi) is 12.5. The summed E-state index contributed by atoms with van der Waals surface area (Å²) in [5, 5.41) is 14.5. The molecule has 5 rings (SSSR count). The molecule has 5 amide bonds. The molecule has 7 N–H and O–H groups in total. The zero-order valence-corrected chi connectivity index (χ0v) is 26.8. The number of para-hydroxylation sites is 1. The number of aromatic nitrogens is 3. The largest absolute Gasteiger partial charge is 0.377 e. The summed E-state index contributed by atoms with van der Waals surface area (Å²) >= 11 is 0. The third kappa shape index (κ3) is 10.5. The number of carbonyl (C=O) groups excluding carboxylic acids is 5. The molecule has 3 atom stereocenters. The summed E-state index contributed by atoms with van der Waals surface area (Å²) in [6.07, 6.45) is 5.16. The second-order valence-corrected chi connectivity index (χ2v) is 11.5. The van der Waals surface area contributed by atoms with Crippen LogP contribution >= 0.6 is 0 Å². The van der Waals surface area contributed by atoms with Crippen molar-refractivity contribution < 1.29 is 33.4 Å². The van der Waals surface area contributed by atoms with E-state index in [-0.39, 0.29) is 52.2 Å². The molecule has 2 aromatic heterocycles. The van der Waals surface area contributed by atoms with Gasteiger partial charge in [-0.25, -0.2) is 4.98 Å². The van der Waals surface area contributed by atoms with Gasteiger partial charge in [-0.3, -0.25) is 24.0 Å². The van der Waals surface area contributed by atoms with Crippen molar-refractivity contribution in [2.75, 3.05) is 39.5 Å². The van der Waals surface area contributed by atoms with Crippen LogP contribution in [0.4, 0.5) is 0 Å². The number of H-pyrrole nitrogens is 2. The summed E-state index contributed by atoms with van der Waals surface area (Å²) in [5.74, 6) is -2.80. The number of ether oxygens (including phenoxy) is 2. The van der Waals surface area contributed by atoms with Crippen molar-refractivity contribution in [3.05, 3.63) is 90.1 Å². The number of nitrogens with one attached hydrogen (secondary N) is 7. The van der Waals surface area contributed by atoms with Gasteiger partial charge in [0.25, 0.3) is 0 Å². The first-order chi connectivity index (χ1) is 23.9. The molecule has 3 heterocycles. The highest BCUT2D eigenvalue weighted by Crippen LogP contribution is 2.19. The van der Waals surface area contributed by atoms with Crippen molar-refractivity contribution in [1.29, 1.82) is 0 Å². The van der Waals surface area contributed by atoms with Crippen LogP contribution in [0.5, 0.6) is 0 Å². The van der Waals surface area contributed by atoms with E-state index in [4.69, 9.17) is 9.47 Å². The van der Waals surface area contributed by atoms with Crippen LogP contribution < -0.4 is 26.6 Å². The lowest BCUT2D eigenvalue weighted by Gasteiger charge is -2.23. The zero-order valence-electron chi connectivity index (χ0n) is 26.8. The second kappa shape index (κ2) is 17.6. The average molecular weight is 673 g/mol. The van der Waals surface area contributed by atoms with Crippen LogP contribution in [0, 0.1) is 0 Å². The number of hydrogen-bond donors (Lipinski definition) is 7. The van der Waals surface area contributed by atoms with Crippen molar-refractivity contribution in [2.45, 2.75) is 37.4 Å². The van der Waals surface area contributed by atoms with E-state index >= 15 is 0 Å². The maximum atomic E-state index is 13.6. The molecule has 1 fully saturated rings. The molecule has 49 heavy (non-hydrogen) atoms. The van der Waals surface area contributed by atoms with Crippen molar-refractivity contribution in [2.24, 2.45) is 0 Å². The van der Waals surface area contributed by atoms with E-state index in [9.17, 15) is 24.0 Å². The molecule has 1 aliphatic rings. The van der Waals surface area contributed by atoms with Crippen LogP contribution in [-0.2, 0) is 52.7 Å². The van der Waals surface area contributed by atoms with E-state index in [1.807, 2.05) is 54.6 Å². The quantitative estimate of drug-likeness (QED) is 0.144. The van der Waals surface area contributed by atoms with E-state index < -0.39 is 54.2 Å². The van der Waals surface area contributed by atoms with Gasteiger partial charge in [0.15, 0.2) is 0 Å². The molecule has 0 bridgehead atoms. The highest BCUT2D eigenvalue weighted by molar-refractivity contribution is 5.95. The molecule has 0 saturated carbocycles. The molecule has 1 saturated heterocycles. The second-order valence-electron chi connectivity index (χ2n) is 11.5. The lowest BCUT2D eigenvalue weighted by atomic mass is 10.0. The van der Waals surface area contributed by atoms with Crippen LogP contribution in [0.15, 0.2) is 73.3 Å². The summed E-state index contributed by atoms with van der Waals surface area (Å²) < 4.78 is 11.0. The van der Waals surface area contributed by atoms with Crippen LogP contribution in [0.1, 0.15) is 16.8 Å². The van der Waals surface area contributed by atoms with E-state index in [1.54, 1.807) is 6.20 Å². The number of nitrogens with zero attached hydrogens (tertiary/aromatic N) is 1. The Hall–Kier alpha value is -5.54. The predicted molar refractivity (Wildman–Crippen MR) is 178 cm³/mol. The Morgan fingerprint density at radius 1 is 0.673 bits per heavy atom. The first-order valence-electron chi connectivity index (χ1n) is 16.0. The molecule has 15 nitrogen and oxygen atoms in total. The van der Waals surface area contributed by atoms with Crippen LogP contribution in [0.25, 0.3) is 10.9 Å². The maximum absolute atomic E-state index is 13.6. The number of hydrogen-bond acceptors (Lipinski definition) is 8. The minimum absolute atomic E-state index is 0.0710. The maximum Gasteiger partial charge on any atom is 0.246 e. The van der Waals surface area contributed by atoms with Gasteiger partial charge in [0, 0.05) is 54.8 Å². The normalized spacial score (nSPS) is 21.1. The summed E-state index contributed by atoms with van der Waals surface area (Å²) in [5.41, 5.74) is 3.08. The highest BCUT2D eigenvalue weighted by atomic mass is 16.5. The Bertz CT molecular complexity index is 1710. The summed E-state index contributed by atoms with van der Waals surface area (Å²) in [7, 11) is 0. The van der Waals surface area contributed by atoms with Crippen molar-refractivity contribution >= 4 is 40.4 Å². The van der Waals surface area contributed by atoms with E-state index in [0.29, 0.717) is 5.69 Å². The summed E-state index contributed by atoms with van der Waals surface area (Å²) in [4.78, 5) is 76.4. The molecule has 0 spiro atoms.